The lowest BCUT2D eigenvalue weighted by Crippen LogP contribution is -2.37. The van der Waals surface area contributed by atoms with E-state index in [1.54, 1.807) is 25.5 Å². The zero-order chi connectivity index (χ0) is 57.2. The van der Waals surface area contributed by atoms with Crippen molar-refractivity contribution in [3.05, 3.63) is 135 Å². The van der Waals surface area contributed by atoms with E-state index in [1.165, 1.54) is 65.5 Å². The number of aldehydes is 3. The molecular formula is C60H81F3N10O6. The summed E-state index contributed by atoms with van der Waals surface area (Å²) in [6.07, 6.45) is 14.5. The number of nitrogens with one attached hydrogen (secondary N) is 2. The summed E-state index contributed by atoms with van der Waals surface area (Å²) in [6, 6.07) is 22.7. The first-order valence-corrected chi connectivity index (χ1v) is 27.4. The number of likely N-dealkylation sites (tertiary alicyclic amines) is 1. The van der Waals surface area contributed by atoms with Gasteiger partial charge in [-0.1, -0.05) is 68.1 Å². The molecule has 3 aliphatic rings. The van der Waals surface area contributed by atoms with E-state index in [4.69, 9.17) is 9.53 Å². The van der Waals surface area contributed by atoms with E-state index in [0.717, 1.165) is 79.6 Å². The molecule has 16 nitrogen and oxygen atoms in total. The van der Waals surface area contributed by atoms with E-state index >= 15 is 0 Å². The number of nitrogens with zero attached hydrogens (tertiary/aromatic N) is 8. The van der Waals surface area contributed by atoms with Crippen LogP contribution >= 0.6 is 0 Å². The molecule has 5 aromatic rings. The zero-order valence-electron chi connectivity index (χ0n) is 46.7. The number of rotatable bonds is 23. The molecule has 2 aliphatic heterocycles. The first-order valence-electron chi connectivity index (χ1n) is 27.4. The SMILES string of the molecule is C1CCC1.C=N/N=C\N(C)CCc1cccc(-n2cc3c(C(F)(F)F)cc(CN4CCC(OCCc5ccc(N6CCC(c7ccc(C=O)c(CN(C)C(C=O)CCC=O)c7)CC6)cc5)CC4)cn3c2=O)c1.CNC.CNC=O. The molecule has 2 N–H and O–H groups in total. The largest absolute Gasteiger partial charge is 0.418 e. The van der Waals surface area contributed by atoms with E-state index in [-0.39, 0.29) is 24.2 Å². The fourth-order valence-electron chi connectivity index (χ4n) is 9.67. The van der Waals surface area contributed by atoms with Gasteiger partial charge in [0.25, 0.3) is 0 Å². The van der Waals surface area contributed by atoms with Gasteiger partial charge in [-0.3, -0.25) is 28.4 Å². The Morgan fingerprint density at radius 3 is 2.10 bits per heavy atom. The maximum Gasteiger partial charge on any atom is 0.418 e. The van der Waals surface area contributed by atoms with Gasteiger partial charge < -0.3 is 34.8 Å². The van der Waals surface area contributed by atoms with Crippen molar-refractivity contribution in [2.24, 2.45) is 10.2 Å². The van der Waals surface area contributed by atoms with Gasteiger partial charge in [-0.15, -0.1) is 5.10 Å². The first-order chi connectivity index (χ1) is 38.2. The first kappa shape index (κ1) is 63.0. The molecule has 0 spiro atoms. The lowest BCUT2D eigenvalue weighted by Gasteiger charge is -2.34. The maximum absolute atomic E-state index is 14.5. The molecule has 4 heterocycles. The molecule has 0 bridgehead atoms. The second kappa shape index (κ2) is 32.9. The molecule has 1 aliphatic carbocycles. The van der Waals surface area contributed by atoms with Gasteiger partial charge in [-0.05, 0) is 130 Å². The minimum atomic E-state index is -4.66. The minimum Gasteiger partial charge on any atom is -0.378 e. The second-order valence-electron chi connectivity index (χ2n) is 20.4. The predicted molar refractivity (Wildman–Crippen MR) is 308 cm³/mol. The molecule has 0 radical (unpaired) electrons. The number of amides is 1. The van der Waals surface area contributed by atoms with Crippen LogP contribution in [0.3, 0.4) is 0 Å². The van der Waals surface area contributed by atoms with Crippen LogP contribution in [-0.4, -0.2) is 149 Å². The van der Waals surface area contributed by atoms with Crippen LogP contribution in [0.25, 0.3) is 11.2 Å². The van der Waals surface area contributed by atoms with Crippen molar-refractivity contribution in [1.82, 2.24) is 34.3 Å². The molecule has 8 rings (SSSR count). The van der Waals surface area contributed by atoms with Crippen molar-refractivity contribution in [2.75, 3.05) is 79.5 Å². The van der Waals surface area contributed by atoms with E-state index in [9.17, 15) is 32.3 Å². The van der Waals surface area contributed by atoms with Crippen LogP contribution in [0.2, 0.25) is 0 Å². The monoisotopic (exact) mass is 1090 g/mol. The normalized spacial score (nSPS) is 15.4. The summed E-state index contributed by atoms with van der Waals surface area (Å²) >= 11 is 0. The van der Waals surface area contributed by atoms with Crippen LogP contribution in [-0.2, 0) is 51.2 Å². The van der Waals surface area contributed by atoms with Gasteiger partial charge in [-0.2, -0.15) is 18.3 Å². The topological polar surface area (TPSA) is 166 Å². The Balaban J connectivity index is 0.000000947. The Bertz CT molecular complexity index is 2760. The van der Waals surface area contributed by atoms with Crippen molar-refractivity contribution in [1.29, 1.82) is 0 Å². The highest BCUT2D eigenvalue weighted by molar-refractivity contribution is 5.77. The third kappa shape index (κ3) is 19.5. The number of aromatic nitrogens is 2. The second-order valence-corrected chi connectivity index (χ2v) is 20.4. The number of fused-ring (bicyclic) bond motifs is 1. The van der Waals surface area contributed by atoms with Crippen molar-refractivity contribution in [3.63, 3.8) is 0 Å². The fourth-order valence-corrected chi connectivity index (χ4v) is 9.67. The molecule has 1 saturated carbocycles. The Morgan fingerprint density at radius 2 is 1.51 bits per heavy atom. The number of carbonyl (C=O) groups excluding carboxylic acids is 4. The number of halogens is 3. The zero-order valence-corrected chi connectivity index (χ0v) is 46.7. The Hall–Kier alpha value is -6.80. The maximum atomic E-state index is 14.5. The number of hydrogen-bond donors (Lipinski definition) is 2. The number of alkyl halides is 3. The quantitative estimate of drug-likeness (QED) is 0.0279. The van der Waals surface area contributed by atoms with E-state index in [0.29, 0.717) is 81.2 Å². The van der Waals surface area contributed by atoms with Gasteiger partial charge in [0.1, 0.15) is 25.2 Å². The number of pyridine rings is 1. The molecule has 2 aromatic heterocycles. The number of likely N-dealkylation sites (N-methyl/N-ethyl adjacent to an activating group) is 2. The highest BCUT2D eigenvalue weighted by Crippen LogP contribution is 2.35. The van der Waals surface area contributed by atoms with Gasteiger partial charge in [0.2, 0.25) is 6.41 Å². The Labute approximate surface area is 463 Å². The summed E-state index contributed by atoms with van der Waals surface area (Å²) in [5, 5.41) is 12.2. The Kier molecular flexibility index (Phi) is 26.3. The number of benzene rings is 3. The number of hydrogen-bond acceptors (Lipinski definition) is 12. The smallest absolute Gasteiger partial charge is 0.378 e. The summed E-state index contributed by atoms with van der Waals surface area (Å²) in [7, 11) is 9.00. The van der Waals surface area contributed by atoms with E-state index in [2.05, 4.69) is 67.7 Å². The minimum absolute atomic E-state index is 0.0541. The van der Waals surface area contributed by atoms with E-state index < -0.39 is 17.4 Å². The van der Waals surface area contributed by atoms with Crippen molar-refractivity contribution in [3.8, 4) is 5.69 Å². The Morgan fingerprint density at radius 1 is 0.823 bits per heavy atom. The summed E-state index contributed by atoms with van der Waals surface area (Å²) in [5.74, 6) is 0.355. The summed E-state index contributed by atoms with van der Waals surface area (Å²) in [5.41, 5.74) is 5.27. The lowest BCUT2D eigenvalue weighted by molar-refractivity contribution is -0.136. The predicted octanol–water partition coefficient (Wildman–Crippen LogP) is 8.38. The van der Waals surface area contributed by atoms with Gasteiger partial charge in [0, 0.05) is 96.7 Å². The van der Waals surface area contributed by atoms with Crippen molar-refractivity contribution >= 4 is 49.5 Å². The molecule has 1 unspecified atom stereocenters. The molecule has 1 atom stereocenters. The van der Waals surface area contributed by atoms with Crippen LogP contribution in [0.15, 0.2) is 100 Å². The summed E-state index contributed by atoms with van der Waals surface area (Å²) in [4.78, 5) is 65.4. The van der Waals surface area contributed by atoms with Crippen molar-refractivity contribution < 1.29 is 37.1 Å². The molecular weight excluding hydrogens is 1010 g/mol. The molecule has 1 amide bonds. The average Bonchev–Trinajstić information content (AvgIpc) is 4.03. The van der Waals surface area contributed by atoms with Gasteiger partial charge in [-0.25, -0.2) is 4.79 Å². The van der Waals surface area contributed by atoms with Crippen LogP contribution < -0.4 is 21.2 Å². The van der Waals surface area contributed by atoms with Gasteiger partial charge in [0.05, 0.1) is 35.5 Å². The average molecular weight is 1100 g/mol. The number of imidazole rings is 1. The molecule has 2 saturated heterocycles. The van der Waals surface area contributed by atoms with Crippen LogP contribution in [0.4, 0.5) is 18.9 Å². The number of ether oxygens (including phenoxy) is 1. The highest BCUT2D eigenvalue weighted by atomic mass is 19.4. The summed E-state index contributed by atoms with van der Waals surface area (Å²) in [6.45, 7) is 8.37. The molecule has 3 aromatic carbocycles. The standard InChI is InChI=1S/C52H61F3N8O5.C4H8.C2H5NO.C2H7N/c1-56-57-37-58(2)21-15-39-6-4-7-46(28-39)62-34-50-49(52(53,54)55)29-40(32-63(50)51(62)67)31-60-22-18-48(19-23-60)68-27-20-38-9-13-45(14-10-38)61-24-16-41(17-25-61)42-11-12-43(35-65)44(30-42)33-59(3)47(36-66)8-5-26-64;1-2-4-3-1;1-3-2-4;1-3-2/h4,6-7,9-14,26,28-30,32,34-37,41,47-48H,1,5,8,15-25,27,31,33H2,2-3H3;1-4H2;2H,1H3,(H,3,4);3H,1-2H3/b57-37-;;;. The highest BCUT2D eigenvalue weighted by Gasteiger charge is 2.35. The molecule has 428 valence electrons. The van der Waals surface area contributed by atoms with Crippen LogP contribution in [0, 0.1) is 0 Å². The number of carbonyl (C=O) groups is 4. The van der Waals surface area contributed by atoms with E-state index in [1.807, 2.05) is 62.3 Å². The third-order valence-electron chi connectivity index (χ3n) is 14.5. The van der Waals surface area contributed by atoms with Crippen LogP contribution in [0.1, 0.15) is 114 Å². The molecule has 19 heteroatoms. The van der Waals surface area contributed by atoms with Crippen molar-refractivity contribution in [2.45, 2.75) is 114 Å². The number of piperidine rings is 2. The molecule has 79 heavy (non-hydrogen) atoms. The fraction of sp³-hybridized carbons (Fsp3) is 0.483. The van der Waals surface area contributed by atoms with Gasteiger partial charge in [0.15, 0.2) is 0 Å². The van der Waals surface area contributed by atoms with Crippen LogP contribution in [0.5, 0.6) is 0 Å². The third-order valence-corrected chi connectivity index (χ3v) is 14.5. The lowest BCUT2D eigenvalue weighted by atomic mass is 9.87. The summed E-state index contributed by atoms with van der Waals surface area (Å²) < 4.78 is 52.2. The molecule has 3 fully saturated rings. The van der Waals surface area contributed by atoms with Gasteiger partial charge >= 0.3 is 11.9 Å². The number of anilines is 1.